The van der Waals surface area contributed by atoms with Crippen molar-refractivity contribution in [1.29, 1.82) is 0 Å². The molecule has 3 atom stereocenters. The van der Waals surface area contributed by atoms with Crippen molar-refractivity contribution in [3.8, 4) is 0 Å². The van der Waals surface area contributed by atoms with Crippen molar-refractivity contribution in [2.45, 2.75) is 37.8 Å². The molecule has 2 aliphatic rings. The molecular formula is C13H14ClF4NO. The summed E-state index contributed by atoms with van der Waals surface area (Å²) in [5.41, 5.74) is -0.0920. The lowest BCUT2D eigenvalue weighted by atomic mass is 10.0. The number of alkyl halides is 3. The lowest BCUT2D eigenvalue weighted by Crippen LogP contribution is -2.44. The third-order valence-corrected chi connectivity index (χ3v) is 3.69. The molecule has 3 rings (SSSR count). The average molecular weight is 312 g/mol. The molecule has 1 heterocycles. The molecule has 1 aliphatic heterocycles. The van der Waals surface area contributed by atoms with Crippen LogP contribution in [0.3, 0.4) is 0 Å². The molecule has 112 valence electrons. The first-order valence-corrected chi connectivity index (χ1v) is 6.14. The SMILES string of the molecule is C[C@H]1CN[C@H]2c3cc(F)c(C(F)(F)F)cc3C[C@H]2O1.Cl. The van der Waals surface area contributed by atoms with Crippen LogP contribution in [0.5, 0.6) is 0 Å². The van der Waals surface area contributed by atoms with Crippen LogP contribution in [0, 0.1) is 5.82 Å². The molecule has 0 unspecified atom stereocenters. The van der Waals surface area contributed by atoms with E-state index in [1.54, 1.807) is 0 Å². The van der Waals surface area contributed by atoms with E-state index in [1.165, 1.54) is 0 Å². The number of hydrogen-bond donors (Lipinski definition) is 1. The highest BCUT2D eigenvalue weighted by Crippen LogP contribution is 2.40. The predicted octanol–water partition coefficient (Wildman–Crippen LogP) is 3.24. The van der Waals surface area contributed by atoms with Gasteiger partial charge in [0, 0.05) is 13.0 Å². The Balaban J connectivity index is 0.00000147. The second-order valence-electron chi connectivity index (χ2n) is 5.10. The van der Waals surface area contributed by atoms with Gasteiger partial charge < -0.3 is 10.1 Å². The van der Waals surface area contributed by atoms with Gasteiger partial charge in [-0.25, -0.2) is 4.39 Å². The van der Waals surface area contributed by atoms with E-state index >= 15 is 0 Å². The van der Waals surface area contributed by atoms with Crippen LogP contribution in [0.15, 0.2) is 12.1 Å². The number of morpholine rings is 1. The molecule has 0 amide bonds. The molecular weight excluding hydrogens is 298 g/mol. The number of ether oxygens (including phenoxy) is 1. The van der Waals surface area contributed by atoms with Crippen molar-refractivity contribution in [3.63, 3.8) is 0 Å². The van der Waals surface area contributed by atoms with E-state index in [0.29, 0.717) is 24.1 Å². The van der Waals surface area contributed by atoms with Crippen LogP contribution < -0.4 is 5.32 Å². The smallest absolute Gasteiger partial charge is 0.372 e. The molecule has 1 aromatic carbocycles. The average Bonchev–Trinajstić information content (AvgIpc) is 2.63. The minimum absolute atomic E-state index is 0. The Morgan fingerprint density at radius 3 is 2.65 bits per heavy atom. The summed E-state index contributed by atoms with van der Waals surface area (Å²) in [6.45, 7) is 2.51. The van der Waals surface area contributed by atoms with E-state index in [9.17, 15) is 17.6 Å². The summed E-state index contributed by atoms with van der Waals surface area (Å²) in [7, 11) is 0. The summed E-state index contributed by atoms with van der Waals surface area (Å²) in [6.07, 6.45) is -4.46. The van der Waals surface area contributed by atoms with Crippen LogP contribution in [0.1, 0.15) is 29.7 Å². The largest absolute Gasteiger partial charge is 0.419 e. The second kappa shape index (κ2) is 5.16. The lowest BCUT2D eigenvalue weighted by Gasteiger charge is -2.32. The zero-order valence-corrected chi connectivity index (χ0v) is 11.4. The van der Waals surface area contributed by atoms with E-state index in [0.717, 1.165) is 12.1 Å². The van der Waals surface area contributed by atoms with Crippen LogP contribution in [0.4, 0.5) is 17.6 Å². The minimum Gasteiger partial charge on any atom is -0.372 e. The maximum Gasteiger partial charge on any atom is 0.419 e. The van der Waals surface area contributed by atoms with Gasteiger partial charge in [0.2, 0.25) is 0 Å². The predicted molar refractivity (Wildman–Crippen MR) is 67.4 cm³/mol. The molecule has 1 N–H and O–H groups in total. The number of halogens is 5. The van der Waals surface area contributed by atoms with Gasteiger partial charge in [0.15, 0.2) is 0 Å². The van der Waals surface area contributed by atoms with Gasteiger partial charge in [-0.05, 0) is 30.2 Å². The van der Waals surface area contributed by atoms with Crippen molar-refractivity contribution in [3.05, 3.63) is 34.6 Å². The van der Waals surface area contributed by atoms with Crippen LogP contribution in [0.2, 0.25) is 0 Å². The molecule has 0 spiro atoms. The maximum atomic E-state index is 13.6. The Morgan fingerprint density at radius 2 is 2.00 bits per heavy atom. The monoisotopic (exact) mass is 311 g/mol. The van der Waals surface area contributed by atoms with Gasteiger partial charge in [0.25, 0.3) is 0 Å². The topological polar surface area (TPSA) is 21.3 Å². The van der Waals surface area contributed by atoms with E-state index in [2.05, 4.69) is 5.32 Å². The van der Waals surface area contributed by atoms with Gasteiger partial charge in [0.1, 0.15) is 5.82 Å². The number of fused-ring (bicyclic) bond motifs is 3. The Bertz CT molecular complexity index is 520. The van der Waals surface area contributed by atoms with E-state index in [1.807, 2.05) is 6.92 Å². The first kappa shape index (κ1) is 15.5. The fraction of sp³-hybridized carbons (Fsp3) is 0.538. The number of nitrogens with one attached hydrogen (secondary N) is 1. The molecule has 20 heavy (non-hydrogen) atoms. The Morgan fingerprint density at radius 1 is 1.30 bits per heavy atom. The molecule has 7 heteroatoms. The third-order valence-electron chi connectivity index (χ3n) is 3.69. The van der Waals surface area contributed by atoms with Gasteiger partial charge in [-0.15, -0.1) is 12.4 Å². The number of rotatable bonds is 0. The standard InChI is InChI=1S/C13H13F4NO.ClH/c1-6-5-18-12-8-4-10(14)9(13(15,16)17)2-7(8)3-11(12)19-6;/h2,4,6,11-12,18H,3,5H2,1H3;1H/t6-,11+,12-;/m0./s1. The molecule has 1 saturated heterocycles. The molecule has 0 bridgehead atoms. The van der Waals surface area contributed by atoms with Crippen molar-refractivity contribution < 1.29 is 22.3 Å². The van der Waals surface area contributed by atoms with Crippen molar-refractivity contribution in [2.75, 3.05) is 6.54 Å². The van der Waals surface area contributed by atoms with Crippen LogP contribution in [-0.2, 0) is 17.3 Å². The van der Waals surface area contributed by atoms with Gasteiger partial charge in [-0.1, -0.05) is 0 Å². The zero-order valence-electron chi connectivity index (χ0n) is 10.6. The van der Waals surface area contributed by atoms with Gasteiger partial charge in [-0.3, -0.25) is 0 Å². The Hall–Kier alpha value is -0.850. The van der Waals surface area contributed by atoms with Crippen LogP contribution in [-0.4, -0.2) is 18.8 Å². The van der Waals surface area contributed by atoms with Crippen LogP contribution in [0.25, 0.3) is 0 Å². The summed E-state index contributed by atoms with van der Waals surface area (Å²) >= 11 is 0. The number of hydrogen-bond acceptors (Lipinski definition) is 2. The van der Waals surface area contributed by atoms with E-state index in [-0.39, 0.29) is 30.7 Å². The fourth-order valence-electron chi connectivity index (χ4n) is 2.86. The van der Waals surface area contributed by atoms with Gasteiger partial charge in [0.05, 0.1) is 23.8 Å². The van der Waals surface area contributed by atoms with Crippen LogP contribution >= 0.6 is 12.4 Å². The third kappa shape index (κ3) is 2.52. The quantitative estimate of drug-likeness (QED) is 0.743. The number of benzene rings is 1. The van der Waals surface area contributed by atoms with Gasteiger partial charge >= 0.3 is 6.18 Å². The zero-order chi connectivity index (χ0) is 13.8. The molecule has 0 saturated carbocycles. The highest BCUT2D eigenvalue weighted by molar-refractivity contribution is 5.85. The maximum absolute atomic E-state index is 13.6. The molecule has 0 radical (unpaired) electrons. The molecule has 2 nitrogen and oxygen atoms in total. The summed E-state index contributed by atoms with van der Waals surface area (Å²) < 4.78 is 57.3. The summed E-state index contributed by atoms with van der Waals surface area (Å²) in [5, 5.41) is 3.20. The highest BCUT2D eigenvalue weighted by atomic mass is 35.5. The first-order valence-electron chi connectivity index (χ1n) is 6.14. The summed E-state index contributed by atoms with van der Waals surface area (Å²) in [6, 6.07) is 1.71. The van der Waals surface area contributed by atoms with Gasteiger partial charge in [-0.2, -0.15) is 13.2 Å². The molecule has 1 aliphatic carbocycles. The van der Waals surface area contributed by atoms with E-state index in [4.69, 9.17) is 4.74 Å². The second-order valence-corrected chi connectivity index (χ2v) is 5.10. The summed E-state index contributed by atoms with van der Waals surface area (Å²) in [5.74, 6) is -1.22. The molecule has 1 aromatic rings. The van der Waals surface area contributed by atoms with Crippen molar-refractivity contribution >= 4 is 12.4 Å². The Kier molecular flexibility index (Phi) is 4.01. The first-order chi connectivity index (χ1) is 8.86. The van der Waals surface area contributed by atoms with E-state index < -0.39 is 17.6 Å². The fourth-order valence-corrected chi connectivity index (χ4v) is 2.86. The molecule has 0 aromatic heterocycles. The van der Waals surface area contributed by atoms with Crippen molar-refractivity contribution in [1.82, 2.24) is 5.32 Å². The van der Waals surface area contributed by atoms with Crippen molar-refractivity contribution in [2.24, 2.45) is 0 Å². The summed E-state index contributed by atoms with van der Waals surface area (Å²) in [4.78, 5) is 0. The Labute approximate surface area is 119 Å². The highest BCUT2D eigenvalue weighted by Gasteiger charge is 2.41. The molecule has 1 fully saturated rings. The lowest BCUT2D eigenvalue weighted by molar-refractivity contribution is -0.140. The minimum atomic E-state index is -4.66. The normalized spacial score (nSPS) is 28.6.